The molecule has 0 aliphatic heterocycles. The lowest BCUT2D eigenvalue weighted by Crippen LogP contribution is -2.12. The van der Waals surface area contributed by atoms with Crippen LogP contribution in [0, 0.1) is 0 Å². The van der Waals surface area contributed by atoms with E-state index in [0.717, 1.165) is 21.7 Å². The number of hydrogen-bond acceptors (Lipinski definition) is 6. The van der Waals surface area contributed by atoms with Crippen molar-refractivity contribution in [3.05, 3.63) is 88.8 Å². The van der Waals surface area contributed by atoms with Crippen molar-refractivity contribution in [2.45, 2.75) is 10.8 Å². The number of benzene rings is 2. The predicted octanol–water partition coefficient (Wildman–Crippen LogP) is 5.39. The first kappa shape index (κ1) is 21.4. The first-order valence-corrected chi connectivity index (χ1v) is 11.5. The van der Waals surface area contributed by atoms with Gasteiger partial charge in [-0.2, -0.15) is 5.10 Å². The molecule has 0 fully saturated rings. The van der Waals surface area contributed by atoms with Gasteiger partial charge in [0.2, 0.25) is 0 Å². The van der Waals surface area contributed by atoms with Crippen molar-refractivity contribution in [1.29, 1.82) is 0 Å². The summed E-state index contributed by atoms with van der Waals surface area (Å²) >= 11 is 13.6. The van der Waals surface area contributed by atoms with Gasteiger partial charge in [0.25, 0.3) is 5.91 Å². The van der Waals surface area contributed by atoms with Crippen molar-refractivity contribution >= 4 is 57.6 Å². The predicted molar refractivity (Wildman–Crippen MR) is 129 cm³/mol. The Kier molecular flexibility index (Phi) is 5.99. The zero-order valence-electron chi connectivity index (χ0n) is 16.9. The SMILES string of the molecule is O=C(Nc1ccc(-n2cnc(Cl)c2Cl)cc1)c1cccc(CSc2ncnc3[nH]ncc23)c1. The molecule has 33 heavy (non-hydrogen) atoms. The van der Waals surface area contributed by atoms with E-state index in [1.165, 1.54) is 6.33 Å². The lowest BCUT2D eigenvalue weighted by Gasteiger charge is -2.09. The van der Waals surface area contributed by atoms with Crippen LogP contribution in [0.5, 0.6) is 0 Å². The number of amides is 1. The first-order valence-electron chi connectivity index (χ1n) is 9.74. The maximum Gasteiger partial charge on any atom is 0.255 e. The van der Waals surface area contributed by atoms with Crippen molar-refractivity contribution in [2.75, 3.05) is 5.32 Å². The Morgan fingerprint density at radius 2 is 1.94 bits per heavy atom. The highest BCUT2D eigenvalue weighted by atomic mass is 35.5. The summed E-state index contributed by atoms with van der Waals surface area (Å²) in [6.07, 6.45) is 4.76. The molecule has 11 heteroatoms. The van der Waals surface area contributed by atoms with Gasteiger partial charge in [0.1, 0.15) is 17.7 Å². The third-order valence-corrected chi connectivity index (χ3v) is 6.66. The minimum absolute atomic E-state index is 0.197. The Hall–Kier alpha value is -3.40. The van der Waals surface area contributed by atoms with Crippen LogP contribution in [0.4, 0.5) is 5.69 Å². The van der Waals surface area contributed by atoms with Gasteiger partial charge in [0.15, 0.2) is 16.0 Å². The summed E-state index contributed by atoms with van der Waals surface area (Å²) in [5.74, 6) is 0.457. The normalized spacial score (nSPS) is 11.1. The fraction of sp³-hybridized carbons (Fsp3) is 0.0455. The monoisotopic (exact) mass is 495 g/mol. The van der Waals surface area contributed by atoms with Gasteiger partial charge in [-0.3, -0.25) is 14.5 Å². The highest BCUT2D eigenvalue weighted by Gasteiger charge is 2.11. The Bertz CT molecular complexity index is 1450. The molecule has 2 N–H and O–H groups in total. The number of anilines is 1. The van der Waals surface area contributed by atoms with Crippen LogP contribution in [0.1, 0.15) is 15.9 Å². The van der Waals surface area contributed by atoms with E-state index in [0.29, 0.717) is 27.8 Å². The summed E-state index contributed by atoms with van der Waals surface area (Å²) in [6.45, 7) is 0. The number of nitrogens with zero attached hydrogens (tertiary/aromatic N) is 5. The average Bonchev–Trinajstić information content (AvgIpc) is 3.45. The number of carbonyl (C=O) groups excluding carboxylic acids is 1. The second-order valence-electron chi connectivity index (χ2n) is 7.00. The van der Waals surface area contributed by atoms with Crippen molar-refractivity contribution in [3.63, 3.8) is 0 Å². The molecule has 0 saturated carbocycles. The Morgan fingerprint density at radius 3 is 2.73 bits per heavy atom. The molecule has 5 rings (SSSR count). The summed E-state index contributed by atoms with van der Waals surface area (Å²) in [4.78, 5) is 25.2. The quantitative estimate of drug-likeness (QED) is 0.242. The van der Waals surface area contributed by atoms with E-state index >= 15 is 0 Å². The number of hydrogen-bond donors (Lipinski definition) is 2. The van der Waals surface area contributed by atoms with Gasteiger partial charge in [0.05, 0.1) is 11.6 Å². The van der Waals surface area contributed by atoms with Crippen molar-refractivity contribution < 1.29 is 4.79 Å². The number of halogens is 2. The molecule has 3 heterocycles. The third kappa shape index (κ3) is 4.56. The standard InChI is InChI=1S/C22H15Cl2N7OS/c23-18-19(24)31(12-27-18)16-6-4-15(5-7-16)29-21(32)14-3-1-2-13(8-14)10-33-22-17-9-28-30-20(17)25-11-26-22/h1-9,11-12H,10H2,(H,29,32)(H,25,26,28,30). The molecule has 1 amide bonds. The highest BCUT2D eigenvalue weighted by molar-refractivity contribution is 7.98. The van der Waals surface area contributed by atoms with Crippen LogP contribution in [-0.4, -0.2) is 35.6 Å². The molecular formula is C22H15Cl2N7OS. The van der Waals surface area contributed by atoms with Crippen LogP contribution < -0.4 is 5.32 Å². The number of nitrogens with one attached hydrogen (secondary N) is 2. The van der Waals surface area contributed by atoms with E-state index in [-0.39, 0.29) is 11.1 Å². The van der Waals surface area contributed by atoms with Gasteiger partial charge < -0.3 is 5.32 Å². The van der Waals surface area contributed by atoms with E-state index in [1.807, 2.05) is 30.3 Å². The van der Waals surface area contributed by atoms with Crippen molar-refractivity contribution in [3.8, 4) is 5.69 Å². The second-order valence-corrected chi connectivity index (χ2v) is 8.68. The number of thioether (sulfide) groups is 1. The fourth-order valence-corrected chi connectivity index (χ4v) is 4.45. The minimum atomic E-state index is -0.197. The minimum Gasteiger partial charge on any atom is -0.322 e. The topological polar surface area (TPSA) is 101 Å². The number of aromatic amines is 1. The number of aromatic nitrogens is 6. The summed E-state index contributed by atoms with van der Waals surface area (Å²) < 4.78 is 1.66. The first-order chi connectivity index (χ1) is 16.1. The highest BCUT2D eigenvalue weighted by Crippen LogP contribution is 2.27. The maximum absolute atomic E-state index is 12.8. The summed E-state index contributed by atoms with van der Waals surface area (Å²) in [6, 6.07) is 14.7. The molecule has 0 saturated heterocycles. The van der Waals surface area contributed by atoms with Gasteiger partial charge in [-0.25, -0.2) is 15.0 Å². The van der Waals surface area contributed by atoms with E-state index in [1.54, 1.807) is 47.1 Å². The summed E-state index contributed by atoms with van der Waals surface area (Å²) in [7, 11) is 0. The van der Waals surface area contributed by atoms with Gasteiger partial charge in [-0.05, 0) is 42.0 Å². The molecule has 5 aromatic rings. The lowest BCUT2D eigenvalue weighted by atomic mass is 10.1. The molecular weight excluding hydrogens is 481 g/mol. The molecule has 0 aliphatic carbocycles. The zero-order chi connectivity index (χ0) is 22.8. The van der Waals surface area contributed by atoms with Crippen LogP contribution >= 0.6 is 35.0 Å². The van der Waals surface area contributed by atoms with E-state index < -0.39 is 0 Å². The number of rotatable bonds is 6. The number of imidazole rings is 1. The molecule has 0 unspecified atom stereocenters. The Morgan fingerprint density at radius 1 is 1.09 bits per heavy atom. The van der Waals surface area contributed by atoms with E-state index in [4.69, 9.17) is 23.2 Å². The van der Waals surface area contributed by atoms with Crippen molar-refractivity contribution in [2.24, 2.45) is 0 Å². The van der Waals surface area contributed by atoms with Gasteiger partial charge in [0, 0.05) is 22.7 Å². The van der Waals surface area contributed by atoms with E-state index in [9.17, 15) is 4.79 Å². The van der Waals surface area contributed by atoms with Crippen LogP contribution in [0.3, 0.4) is 0 Å². The van der Waals surface area contributed by atoms with Crippen LogP contribution in [0.25, 0.3) is 16.7 Å². The van der Waals surface area contributed by atoms with Gasteiger partial charge in [-0.1, -0.05) is 35.3 Å². The lowest BCUT2D eigenvalue weighted by molar-refractivity contribution is 0.102. The summed E-state index contributed by atoms with van der Waals surface area (Å²) in [5.41, 5.74) is 3.72. The fourth-order valence-electron chi connectivity index (χ4n) is 3.21. The van der Waals surface area contributed by atoms with Crippen LogP contribution in [0.2, 0.25) is 10.3 Å². The van der Waals surface area contributed by atoms with Gasteiger partial charge >= 0.3 is 0 Å². The molecule has 0 atom stereocenters. The Balaban J connectivity index is 1.26. The molecule has 0 aliphatic rings. The largest absolute Gasteiger partial charge is 0.322 e. The molecule has 0 bridgehead atoms. The number of carbonyl (C=O) groups is 1. The Labute approximate surface area is 202 Å². The van der Waals surface area contributed by atoms with E-state index in [2.05, 4.69) is 30.5 Å². The van der Waals surface area contributed by atoms with Crippen LogP contribution in [-0.2, 0) is 5.75 Å². The van der Waals surface area contributed by atoms with Gasteiger partial charge in [-0.15, -0.1) is 11.8 Å². The zero-order valence-corrected chi connectivity index (χ0v) is 19.2. The molecule has 2 aromatic carbocycles. The molecule has 164 valence electrons. The third-order valence-electron chi connectivity index (χ3n) is 4.85. The molecule has 0 radical (unpaired) electrons. The summed E-state index contributed by atoms with van der Waals surface area (Å²) in [5, 5.41) is 12.0. The van der Waals surface area contributed by atoms with Crippen molar-refractivity contribution in [1.82, 2.24) is 29.7 Å². The molecule has 0 spiro atoms. The average molecular weight is 496 g/mol. The molecule has 3 aromatic heterocycles. The second kappa shape index (κ2) is 9.22. The van der Waals surface area contributed by atoms with Crippen LogP contribution in [0.15, 0.2) is 72.4 Å². The molecule has 8 nitrogen and oxygen atoms in total. The number of H-pyrrole nitrogens is 1. The smallest absolute Gasteiger partial charge is 0.255 e. The maximum atomic E-state index is 12.8. The number of fused-ring (bicyclic) bond motifs is 1.